The second kappa shape index (κ2) is 9.30. The Balaban J connectivity index is 1.57. The minimum atomic E-state index is -0.0522. The molecule has 0 aliphatic heterocycles. The molecule has 0 spiro atoms. The van der Waals surface area contributed by atoms with Gasteiger partial charge >= 0.3 is 0 Å². The Bertz CT molecular complexity index is 949. The van der Waals surface area contributed by atoms with Crippen LogP contribution in [-0.2, 0) is 4.79 Å². The van der Waals surface area contributed by atoms with Gasteiger partial charge in [-0.25, -0.2) is 4.68 Å². The summed E-state index contributed by atoms with van der Waals surface area (Å²) in [4.78, 5) is 12.2. The number of rotatable bonds is 7. The average Bonchev–Trinajstić information content (AvgIpc) is 3.07. The number of aromatic nitrogens is 2. The van der Waals surface area contributed by atoms with Crippen molar-refractivity contribution in [2.45, 2.75) is 30.5 Å². The molecule has 1 unspecified atom stereocenters. The molecule has 0 bridgehead atoms. The summed E-state index contributed by atoms with van der Waals surface area (Å²) in [5, 5.41) is 7.45. The van der Waals surface area contributed by atoms with E-state index in [-0.39, 0.29) is 5.91 Å². The van der Waals surface area contributed by atoms with E-state index in [0.717, 1.165) is 22.1 Å². The third-order valence-corrected chi connectivity index (χ3v) is 6.60. The molecule has 1 atom stereocenters. The Morgan fingerprint density at radius 3 is 2.59 bits per heavy atom. The van der Waals surface area contributed by atoms with Gasteiger partial charge in [-0.1, -0.05) is 67.3 Å². The van der Waals surface area contributed by atoms with Gasteiger partial charge in [-0.3, -0.25) is 4.79 Å². The molecule has 1 heterocycles. The van der Waals surface area contributed by atoms with Crippen molar-refractivity contribution in [1.82, 2.24) is 9.78 Å². The number of anilines is 1. The van der Waals surface area contributed by atoms with Crippen LogP contribution in [0.1, 0.15) is 31.7 Å². The number of carbonyl (C=O) groups excluding carboxylic acids is 1. The molecule has 1 aromatic heterocycles. The van der Waals surface area contributed by atoms with Crippen molar-refractivity contribution in [1.29, 1.82) is 0 Å². The molecule has 2 aromatic carbocycles. The fourth-order valence-corrected chi connectivity index (χ4v) is 4.67. The van der Waals surface area contributed by atoms with Crippen molar-refractivity contribution in [2.24, 2.45) is 0 Å². The summed E-state index contributed by atoms with van der Waals surface area (Å²) < 4.78 is 3.18. The minimum absolute atomic E-state index is 0.0522. The standard InChI is InChI=1S/C20H21N3OS3/c1-3-14(2)15-9-11-16(12-10-15)21-18(24)13-26-19-22-23(20(25)27-19)17-7-5-4-6-8-17/h4-12,14H,3,13H2,1-2H3,(H,21,24). The summed E-state index contributed by atoms with van der Waals surface area (Å²) in [6.45, 7) is 4.37. The molecule has 140 valence electrons. The zero-order chi connectivity index (χ0) is 19.2. The molecule has 4 nitrogen and oxygen atoms in total. The molecular weight excluding hydrogens is 394 g/mol. The first-order valence-corrected chi connectivity index (χ1v) is 11.0. The Labute approximate surface area is 172 Å². The monoisotopic (exact) mass is 415 g/mol. The number of amides is 1. The van der Waals surface area contributed by atoms with Crippen molar-refractivity contribution in [3.8, 4) is 5.69 Å². The van der Waals surface area contributed by atoms with E-state index in [1.165, 1.54) is 28.7 Å². The molecule has 0 radical (unpaired) electrons. The summed E-state index contributed by atoms with van der Waals surface area (Å²) in [6.07, 6.45) is 1.10. The normalized spacial score (nSPS) is 11.9. The molecule has 1 amide bonds. The van der Waals surface area contributed by atoms with E-state index in [2.05, 4.69) is 36.4 Å². The second-order valence-corrected chi connectivity index (χ2v) is 8.99. The molecular formula is C20H21N3OS3. The molecule has 27 heavy (non-hydrogen) atoms. The summed E-state index contributed by atoms with van der Waals surface area (Å²) in [6, 6.07) is 17.8. The summed E-state index contributed by atoms with van der Waals surface area (Å²) in [5.74, 6) is 0.771. The summed E-state index contributed by atoms with van der Waals surface area (Å²) in [5.41, 5.74) is 3.03. The van der Waals surface area contributed by atoms with Crippen LogP contribution in [-0.4, -0.2) is 21.4 Å². The van der Waals surface area contributed by atoms with Crippen molar-refractivity contribution >= 4 is 46.9 Å². The van der Waals surface area contributed by atoms with E-state index in [1.54, 1.807) is 4.68 Å². The molecule has 0 aliphatic carbocycles. The lowest BCUT2D eigenvalue weighted by molar-refractivity contribution is -0.113. The number of nitrogens with one attached hydrogen (secondary N) is 1. The van der Waals surface area contributed by atoms with Crippen LogP contribution < -0.4 is 5.32 Å². The number of carbonyl (C=O) groups is 1. The number of nitrogens with zero attached hydrogens (tertiary/aromatic N) is 2. The first kappa shape index (κ1) is 19.8. The number of thioether (sulfide) groups is 1. The zero-order valence-corrected chi connectivity index (χ0v) is 17.7. The van der Waals surface area contributed by atoms with Crippen molar-refractivity contribution in [3.05, 3.63) is 64.1 Å². The smallest absolute Gasteiger partial charge is 0.234 e. The van der Waals surface area contributed by atoms with Gasteiger partial charge in [0.15, 0.2) is 8.29 Å². The highest BCUT2D eigenvalue weighted by atomic mass is 32.2. The van der Waals surface area contributed by atoms with Crippen LogP contribution in [0.25, 0.3) is 5.69 Å². The van der Waals surface area contributed by atoms with Crippen LogP contribution in [0.15, 0.2) is 58.9 Å². The van der Waals surface area contributed by atoms with Gasteiger partial charge < -0.3 is 5.32 Å². The van der Waals surface area contributed by atoms with Crippen molar-refractivity contribution < 1.29 is 4.79 Å². The number of benzene rings is 2. The molecule has 0 saturated carbocycles. The maximum Gasteiger partial charge on any atom is 0.234 e. The zero-order valence-electron chi connectivity index (χ0n) is 15.2. The van der Waals surface area contributed by atoms with E-state index in [1.807, 2.05) is 42.5 Å². The lowest BCUT2D eigenvalue weighted by Gasteiger charge is -2.10. The first-order chi connectivity index (χ1) is 13.1. The van der Waals surface area contributed by atoms with Gasteiger partial charge in [0.1, 0.15) is 0 Å². The first-order valence-electron chi connectivity index (χ1n) is 8.75. The Kier molecular flexibility index (Phi) is 6.82. The van der Waals surface area contributed by atoms with Gasteiger partial charge in [-0.15, -0.1) is 5.10 Å². The molecule has 3 aromatic rings. The molecule has 7 heteroatoms. The van der Waals surface area contributed by atoms with Crippen molar-refractivity contribution in [3.63, 3.8) is 0 Å². The minimum Gasteiger partial charge on any atom is -0.325 e. The molecule has 0 aliphatic rings. The predicted molar refractivity (Wildman–Crippen MR) is 117 cm³/mol. The van der Waals surface area contributed by atoms with E-state index in [0.29, 0.717) is 15.6 Å². The van der Waals surface area contributed by atoms with Crippen LogP contribution in [0.4, 0.5) is 5.69 Å². The summed E-state index contributed by atoms with van der Waals surface area (Å²) >= 11 is 8.20. The topological polar surface area (TPSA) is 46.9 Å². The quantitative estimate of drug-likeness (QED) is 0.385. The third-order valence-electron chi connectivity index (χ3n) is 4.23. The Morgan fingerprint density at radius 2 is 1.93 bits per heavy atom. The molecule has 1 N–H and O–H groups in total. The van der Waals surface area contributed by atoms with Gasteiger partial charge in [-0.05, 0) is 54.4 Å². The van der Waals surface area contributed by atoms with E-state index in [4.69, 9.17) is 12.2 Å². The molecule has 3 rings (SSSR count). The Morgan fingerprint density at radius 1 is 1.22 bits per heavy atom. The largest absolute Gasteiger partial charge is 0.325 e. The summed E-state index contributed by atoms with van der Waals surface area (Å²) in [7, 11) is 0. The second-order valence-electron chi connectivity index (χ2n) is 6.15. The molecule has 0 saturated heterocycles. The number of hydrogen-bond donors (Lipinski definition) is 1. The van der Waals surface area contributed by atoms with Gasteiger partial charge in [0.05, 0.1) is 11.4 Å². The average molecular weight is 416 g/mol. The maximum atomic E-state index is 12.2. The van der Waals surface area contributed by atoms with Crippen LogP contribution in [0, 0.1) is 3.95 Å². The maximum absolute atomic E-state index is 12.2. The highest BCUT2D eigenvalue weighted by molar-refractivity contribution is 8.01. The van der Waals surface area contributed by atoms with Gasteiger partial charge in [0.2, 0.25) is 5.91 Å². The van der Waals surface area contributed by atoms with Crippen LogP contribution in [0.3, 0.4) is 0 Å². The fourth-order valence-electron chi connectivity index (χ4n) is 2.51. The third kappa shape index (κ3) is 5.28. The van der Waals surface area contributed by atoms with Gasteiger partial charge in [0.25, 0.3) is 0 Å². The highest BCUT2D eigenvalue weighted by Gasteiger charge is 2.10. The van der Waals surface area contributed by atoms with E-state index in [9.17, 15) is 4.79 Å². The van der Waals surface area contributed by atoms with Gasteiger partial charge in [-0.2, -0.15) is 0 Å². The number of hydrogen-bond acceptors (Lipinski definition) is 5. The van der Waals surface area contributed by atoms with E-state index < -0.39 is 0 Å². The van der Waals surface area contributed by atoms with Gasteiger partial charge in [0, 0.05) is 5.69 Å². The lowest BCUT2D eigenvalue weighted by Crippen LogP contribution is -2.14. The highest BCUT2D eigenvalue weighted by Crippen LogP contribution is 2.25. The van der Waals surface area contributed by atoms with Crippen LogP contribution in [0.2, 0.25) is 0 Å². The van der Waals surface area contributed by atoms with Crippen molar-refractivity contribution in [2.75, 3.05) is 11.1 Å². The van der Waals surface area contributed by atoms with E-state index >= 15 is 0 Å². The lowest BCUT2D eigenvalue weighted by atomic mass is 9.99. The Hall–Kier alpha value is -1.96. The fraction of sp³-hybridized carbons (Fsp3) is 0.250. The SMILES string of the molecule is CCC(C)c1ccc(NC(=O)CSc2nn(-c3ccccc3)c(=S)s2)cc1. The van der Waals surface area contributed by atoms with Crippen LogP contribution in [0.5, 0.6) is 0 Å². The van der Waals surface area contributed by atoms with Crippen LogP contribution >= 0.6 is 35.3 Å². The molecule has 0 fully saturated rings. The predicted octanol–water partition coefficient (Wildman–Crippen LogP) is 5.91. The number of para-hydroxylation sites is 1.